The van der Waals surface area contributed by atoms with Gasteiger partial charge in [0.1, 0.15) is 0 Å². The molecule has 1 N–H and O–H groups in total. The Labute approximate surface area is 113 Å². The molecule has 0 spiro atoms. The zero-order valence-corrected chi connectivity index (χ0v) is 13.2. The van der Waals surface area contributed by atoms with E-state index in [0.29, 0.717) is 0 Å². The molecule has 0 amide bonds. The molecule has 0 aromatic carbocycles. The maximum absolute atomic E-state index is 11.0. The summed E-state index contributed by atoms with van der Waals surface area (Å²) in [5, 5.41) is 11.0. The van der Waals surface area contributed by atoms with Gasteiger partial charge in [-0.15, -0.1) is 0 Å². The summed E-state index contributed by atoms with van der Waals surface area (Å²) in [4.78, 5) is 0. The smallest absolute Gasteiger partial charge is 0.0854 e. The Kier molecular flexibility index (Phi) is 4.17. The molecule has 2 atom stereocenters. The lowest BCUT2D eigenvalue weighted by molar-refractivity contribution is -0.0134. The Hall–Kier alpha value is -0.560. The molecule has 0 radical (unpaired) electrons. The van der Waals surface area contributed by atoms with Gasteiger partial charge in [0.05, 0.1) is 6.10 Å². The summed E-state index contributed by atoms with van der Waals surface area (Å²) in [7, 11) is 0. The Morgan fingerprint density at radius 3 is 2.11 bits per heavy atom. The molecule has 0 aromatic heterocycles. The van der Waals surface area contributed by atoms with Crippen molar-refractivity contribution in [3.63, 3.8) is 0 Å². The fourth-order valence-corrected chi connectivity index (χ4v) is 3.11. The highest BCUT2D eigenvalue weighted by molar-refractivity contribution is 5.33. The first kappa shape index (κ1) is 15.5. The third-order valence-electron chi connectivity index (χ3n) is 4.38. The molecule has 1 nitrogen and oxygen atoms in total. The van der Waals surface area contributed by atoms with Gasteiger partial charge in [0.25, 0.3) is 0 Å². The molecule has 0 saturated heterocycles. The van der Waals surface area contributed by atoms with E-state index in [1.807, 2.05) is 0 Å². The van der Waals surface area contributed by atoms with E-state index < -0.39 is 0 Å². The summed E-state index contributed by atoms with van der Waals surface area (Å²) in [6.07, 6.45) is 8.23. The maximum Gasteiger partial charge on any atom is 0.0854 e. The normalized spacial score (nSPS) is 29.3. The third kappa shape index (κ3) is 2.56. The van der Waals surface area contributed by atoms with Crippen molar-refractivity contribution in [3.8, 4) is 0 Å². The van der Waals surface area contributed by atoms with Crippen LogP contribution in [0.2, 0.25) is 0 Å². The summed E-state index contributed by atoms with van der Waals surface area (Å²) in [5.41, 5.74) is 1.10. The van der Waals surface area contributed by atoms with E-state index >= 15 is 0 Å². The quantitative estimate of drug-likeness (QED) is 0.751. The summed E-state index contributed by atoms with van der Waals surface area (Å²) in [5.74, 6) is 0. The second kappa shape index (κ2) is 4.85. The lowest BCUT2D eigenvalue weighted by atomic mass is 9.56. The monoisotopic (exact) mass is 250 g/mol. The van der Waals surface area contributed by atoms with E-state index in [9.17, 15) is 5.11 Å². The second-order valence-corrected chi connectivity index (χ2v) is 7.67. The average molecular weight is 250 g/mol. The van der Waals surface area contributed by atoms with Gasteiger partial charge in [-0.1, -0.05) is 73.1 Å². The van der Waals surface area contributed by atoms with Crippen molar-refractivity contribution in [2.24, 2.45) is 16.2 Å². The van der Waals surface area contributed by atoms with Gasteiger partial charge < -0.3 is 5.11 Å². The summed E-state index contributed by atoms with van der Waals surface area (Å²) in [6.45, 7) is 15.5. The van der Waals surface area contributed by atoms with Gasteiger partial charge in [0.15, 0.2) is 0 Å². The zero-order chi connectivity index (χ0) is 14.2. The largest absolute Gasteiger partial charge is 0.388 e. The van der Waals surface area contributed by atoms with Crippen LogP contribution in [0.3, 0.4) is 0 Å². The number of hydrogen-bond acceptors (Lipinski definition) is 1. The number of aliphatic hydroxyl groups is 1. The molecular formula is C17H30O. The van der Waals surface area contributed by atoms with Crippen LogP contribution >= 0.6 is 0 Å². The van der Waals surface area contributed by atoms with E-state index in [-0.39, 0.29) is 22.3 Å². The SMILES string of the molecule is CCCC1(C(C)(C)C)C=CC=C(C(C)(C)C)C1O. The molecule has 1 aliphatic rings. The van der Waals surface area contributed by atoms with Gasteiger partial charge in [0, 0.05) is 5.41 Å². The maximum atomic E-state index is 11.0. The van der Waals surface area contributed by atoms with E-state index in [2.05, 4.69) is 66.7 Å². The lowest BCUT2D eigenvalue weighted by Crippen LogP contribution is -2.48. The number of hydrogen-bond donors (Lipinski definition) is 1. The van der Waals surface area contributed by atoms with Gasteiger partial charge in [0.2, 0.25) is 0 Å². The minimum Gasteiger partial charge on any atom is -0.388 e. The first-order chi connectivity index (χ1) is 8.06. The molecular weight excluding hydrogens is 220 g/mol. The van der Waals surface area contributed by atoms with Crippen molar-refractivity contribution in [2.75, 3.05) is 0 Å². The van der Waals surface area contributed by atoms with E-state index in [0.717, 1.165) is 18.4 Å². The van der Waals surface area contributed by atoms with E-state index in [1.54, 1.807) is 0 Å². The standard InChI is InChI=1S/C17H30O/c1-8-11-17(16(5,6)7)12-9-10-13(14(17)18)15(2,3)4/h9-10,12,14,18H,8,11H2,1-7H3. The Morgan fingerprint density at radius 1 is 1.17 bits per heavy atom. The first-order valence-electron chi connectivity index (χ1n) is 7.14. The minimum absolute atomic E-state index is 0.0222. The van der Waals surface area contributed by atoms with Gasteiger partial charge in [-0.25, -0.2) is 0 Å². The number of allylic oxidation sites excluding steroid dienone is 2. The number of rotatable bonds is 2. The van der Waals surface area contributed by atoms with Gasteiger partial charge in [-0.2, -0.15) is 0 Å². The van der Waals surface area contributed by atoms with Crippen LogP contribution in [0.1, 0.15) is 61.3 Å². The van der Waals surface area contributed by atoms with Crippen molar-refractivity contribution in [1.29, 1.82) is 0 Å². The van der Waals surface area contributed by atoms with Crippen molar-refractivity contribution >= 4 is 0 Å². The Bertz CT molecular complexity index is 349. The van der Waals surface area contributed by atoms with Crippen molar-refractivity contribution in [3.05, 3.63) is 23.8 Å². The third-order valence-corrected chi connectivity index (χ3v) is 4.38. The lowest BCUT2D eigenvalue weighted by Gasteiger charge is -2.50. The topological polar surface area (TPSA) is 20.2 Å². The van der Waals surface area contributed by atoms with Gasteiger partial charge >= 0.3 is 0 Å². The molecule has 0 heterocycles. The molecule has 0 bridgehead atoms. The van der Waals surface area contributed by atoms with Crippen LogP contribution in [0, 0.1) is 16.2 Å². The van der Waals surface area contributed by atoms with Crippen LogP contribution in [0.25, 0.3) is 0 Å². The highest BCUT2D eigenvalue weighted by Gasteiger charge is 2.48. The predicted molar refractivity (Wildman–Crippen MR) is 79.5 cm³/mol. The van der Waals surface area contributed by atoms with Crippen LogP contribution < -0.4 is 0 Å². The van der Waals surface area contributed by atoms with Crippen molar-refractivity contribution in [1.82, 2.24) is 0 Å². The molecule has 0 aliphatic heterocycles. The molecule has 1 aliphatic carbocycles. The van der Waals surface area contributed by atoms with Gasteiger partial charge in [-0.3, -0.25) is 0 Å². The second-order valence-electron chi connectivity index (χ2n) is 7.67. The Morgan fingerprint density at radius 2 is 1.72 bits per heavy atom. The molecule has 0 aromatic rings. The van der Waals surface area contributed by atoms with Crippen LogP contribution in [0.15, 0.2) is 23.8 Å². The molecule has 1 heteroatoms. The van der Waals surface area contributed by atoms with E-state index in [1.165, 1.54) is 0 Å². The average Bonchev–Trinajstić information content (AvgIpc) is 2.17. The first-order valence-corrected chi connectivity index (χ1v) is 7.14. The highest BCUT2D eigenvalue weighted by atomic mass is 16.3. The molecule has 0 saturated carbocycles. The summed E-state index contributed by atoms with van der Waals surface area (Å²) in [6, 6.07) is 0. The van der Waals surface area contributed by atoms with Crippen LogP contribution in [-0.2, 0) is 0 Å². The zero-order valence-electron chi connectivity index (χ0n) is 13.2. The number of aliphatic hydroxyl groups excluding tert-OH is 1. The fourth-order valence-electron chi connectivity index (χ4n) is 3.11. The van der Waals surface area contributed by atoms with Crippen molar-refractivity contribution < 1.29 is 5.11 Å². The molecule has 1 rings (SSSR count). The molecule has 18 heavy (non-hydrogen) atoms. The summed E-state index contributed by atoms with van der Waals surface area (Å²) >= 11 is 0. The van der Waals surface area contributed by atoms with Crippen molar-refractivity contribution in [2.45, 2.75) is 67.4 Å². The predicted octanol–water partition coefficient (Wildman–Crippen LogP) is 4.72. The van der Waals surface area contributed by atoms with Crippen LogP contribution in [0.5, 0.6) is 0 Å². The highest BCUT2D eigenvalue weighted by Crippen LogP contribution is 2.52. The molecule has 0 fully saturated rings. The molecule has 104 valence electrons. The van der Waals surface area contributed by atoms with Crippen LogP contribution in [-0.4, -0.2) is 11.2 Å². The van der Waals surface area contributed by atoms with Crippen LogP contribution in [0.4, 0.5) is 0 Å². The minimum atomic E-state index is -0.373. The fraction of sp³-hybridized carbons (Fsp3) is 0.765. The summed E-state index contributed by atoms with van der Waals surface area (Å²) < 4.78 is 0. The molecule has 2 unspecified atom stereocenters. The van der Waals surface area contributed by atoms with E-state index in [4.69, 9.17) is 0 Å². The Balaban J connectivity index is 3.26. The van der Waals surface area contributed by atoms with Gasteiger partial charge in [-0.05, 0) is 22.8 Å².